The summed E-state index contributed by atoms with van der Waals surface area (Å²) in [6.07, 6.45) is 0. The molecule has 7 heteroatoms. The summed E-state index contributed by atoms with van der Waals surface area (Å²) in [4.78, 5) is 10.7. The molecule has 0 radical (unpaired) electrons. The third-order valence-electron chi connectivity index (χ3n) is 2.78. The van der Waals surface area contributed by atoms with Crippen LogP contribution in [0, 0.1) is 21.7 Å². The van der Waals surface area contributed by atoms with Gasteiger partial charge in [-0.25, -0.2) is 8.78 Å². The minimum absolute atomic E-state index is 0.149. The fourth-order valence-corrected chi connectivity index (χ4v) is 1.90. The van der Waals surface area contributed by atoms with Crippen molar-refractivity contribution in [2.45, 2.75) is 6.92 Å². The molecule has 0 spiro atoms. The molecule has 0 aromatic heterocycles. The van der Waals surface area contributed by atoms with Crippen molar-refractivity contribution < 1.29 is 13.7 Å². The highest BCUT2D eigenvalue weighted by atomic mass is 19.2. The van der Waals surface area contributed by atoms with Crippen LogP contribution >= 0.6 is 0 Å². The number of para-hydroxylation sites is 1. The Hall–Kier alpha value is -2.70. The van der Waals surface area contributed by atoms with E-state index in [1.807, 2.05) is 6.92 Å². The molecule has 0 heterocycles. The quantitative estimate of drug-likeness (QED) is 0.644. The number of nitrogens with one attached hydrogen (secondary N) is 2. The highest BCUT2D eigenvalue weighted by molar-refractivity contribution is 5.79. The van der Waals surface area contributed by atoms with Gasteiger partial charge in [0, 0.05) is 18.3 Å². The molecule has 110 valence electrons. The van der Waals surface area contributed by atoms with Crippen LogP contribution in [0.4, 0.5) is 31.5 Å². The average molecular weight is 293 g/mol. The van der Waals surface area contributed by atoms with E-state index in [1.165, 1.54) is 12.1 Å². The Labute approximate surface area is 119 Å². The molecule has 5 nitrogen and oxygen atoms in total. The normalized spacial score (nSPS) is 10.2. The molecule has 0 saturated carbocycles. The standard InChI is InChI=1S/C14H13F2N3O2/c1-2-17-12-4-3-5-13(14(12)19(20)21)18-9-6-7-10(15)11(16)8-9/h3-8,17-18H,2H2,1H3. The molecule has 0 aliphatic rings. The van der Waals surface area contributed by atoms with E-state index in [9.17, 15) is 18.9 Å². The number of nitro benzene ring substituents is 1. The topological polar surface area (TPSA) is 67.2 Å². The van der Waals surface area contributed by atoms with Crippen LogP contribution in [0.15, 0.2) is 36.4 Å². The van der Waals surface area contributed by atoms with Crippen LogP contribution < -0.4 is 10.6 Å². The van der Waals surface area contributed by atoms with Crippen molar-refractivity contribution in [3.63, 3.8) is 0 Å². The van der Waals surface area contributed by atoms with Gasteiger partial charge in [-0.15, -0.1) is 0 Å². The van der Waals surface area contributed by atoms with Gasteiger partial charge in [0.2, 0.25) is 0 Å². The van der Waals surface area contributed by atoms with Gasteiger partial charge < -0.3 is 10.6 Å². The summed E-state index contributed by atoms with van der Waals surface area (Å²) in [6.45, 7) is 2.34. The summed E-state index contributed by atoms with van der Waals surface area (Å²) >= 11 is 0. The molecule has 0 aliphatic carbocycles. The lowest BCUT2D eigenvalue weighted by Gasteiger charge is -2.11. The Balaban J connectivity index is 2.41. The molecule has 0 atom stereocenters. The first-order valence-corrected chi connectivity index (χ1v) is 6.26. The zero-order valence-electron chi connectivity index (χ0n) is 11.2. The number of hydrogen-bond donors (Lipinski definition) is 2. The minimum atomic E-state index is -1.02. The molecule has 2 aromatic carbocycles. The second-order valence-electron chi connectivity index (χ2n) is 4.24. The zero-order chi connectivity index (χ0) is 15.4. The van der Waals surface area contributed by atoms with Crippen molar-refractivity contribution in [1.29, 1.82) is 0 Å². The van der Waals surface area contributed by atoms with Crippen molar-refractivity contribution in [1.82, 2.24) is 0 Å². The number of rotatable bonds is 5. The predicted octanol–water partition coefficient (Wildman–Crippen LogP) is 4.05. The van der Waals surface area contributed by atoms with E-state index in [1.54, 1.807) is 12.1 Å². The van der Waals surface area contributed by atoms with Crippen molar-refractivity contribution in [2.75, 3.05) is 17.2 Å². The van der Waals surface area contributed by atoms with Crippen molar-refractivity contribution >= 4 is 22.7 Å². The van der Waals surface area contributed by atoms with E-state index in [4.69, 9.17) is 0 Å². The SMILES string of the molecule is CCNc1cccc(Nc2ccc(F)c(F)c2)c1[N+](=O)[O-]. The van der Waals surface area contributed by atoms with E-state index in [0.717, 1.165) is 12.1 Å². The number of benzene rings is 2. The summed E-state index contributed by atoms with van der Waals surface area (Å²) in [6, 6.07) is 7.92. The summed E-state index contributed by atoms with van der Waals surface area (Å²) in [5, 5.41) is 16.8. The Kier molecular flexibility index (Phi) is 4.32. The largest absolute Gasteiger partial charge is 0.380 e. The number of halogens is 2. The van der Waals surface area contributed by atoms with E-state index in [0.29, 0.717) is 12.2 Å². The van der Waals surface area contributed by atoms with Gasteiger partial charge in [-0.2, -0.15) is 0 Å². The molecular weight excluding hydrogens is 280 g/mol. The lowest BCUT2D eigenvalue weighted by atomic mass is 10.2. The summed E-state index contributed by atoms with van der Waals surface area (Å²) in [7, 11) is 0. The second-order valence-corrected chi connectivity index (χ2v) is 4.24. The van der Waals surface area contributed by atoms with Crippen LogP contribution in [0.3, 0.4) is 0 Å². The van der Waals surface area contributed by atoms with E-state index in [-0.39, 0.29) is 17.1 Å². The van der Waals surface area contributed by atoms with Crippen molar-refractivity contribution in [3.05, 3.63) is 58.1 Å². The zero-order valence-corrected chi connectivity index (χ0v) is 11.2. The summed E-state index contributed by atoms with van der Waals surface area (Å²) in [5.74, 6) is -2.00. The lowest BCUT2D eigenvalue weighted by Crippen LogP contribution is -2.04. The van der Waals surface area contributed by atoms with Crippen LogP contribution in [-0.4, -0.2) is 11.5 Å². The third kappa shape index (κ3) is 3.25. The molecule has 2 N–H and O–H groups in total. The molecule has 21 heavy (non-hydrogen) atoms. The molecule has 2 rings (SSSR count). The third-order valence-corrected chi connectivity index (χ3v) is 2.78. The van der Waals surface area contributed by atoms with Gasteiger partial charge in [0.1, 0.15) is 11.4 Å². The van der Waals surface area contributed by atoms with Crippen LogP contribution in [0.5, 0.6) is 0 Å². The summed E-state index contributed by atoms with van der Waals surface area (Å²) in [5.41, 5.74) is 0.634. The van der Waals surface area contributed by atoms with Crippen LogP contribution in [0.25, 0.3) is 0 Å². The second kappa shape index (κ2) is 6.17. The minimum Gasteiger partial charge on any atom is -0.380 e. The number of anilines is 3. The maximum Gasteiger partial charge on any atom is 0.315 e. The fraction of sp³-hybridized carbons (Fsp3) is 0.143. The van der Waals surface area contributed by atoms with Gasteiger partial charge in [-0.05, 0) is 31.2 Å². The van der Waals surface area contributed by atoms with Gasteiger partial charge in [-0.1, -0.05) is 6.07 Å². The van der Waals surface area contributed by atoms with E-state index >= 15 is 0 Å². The first-order chi connectivity index (χ1) is 10.0. The monoisotopic (exact) mass is 293 g/mol. The maximum atomic E-state index is 13.2. The molecule has 0 aliphatic heterocycles. The highest BCUT2D eigenvalue weighted by Gasteiger charge is 2.19. The smallest absolute Gasteiger partial charge is 0.315 e. The molecule has 0 bridgehead atoms. The lowest BCUT2D eigenvalue weighted by molar-refractivity contribution is -0.383. The van der Waals surface area contributed by atoms with Gasteiger partial charge >= 0.3 is 5.69 Å². The Morgan fingerprint density at radius 2 is 1.86 bits per heavy atom. The first-order valence-electron chi connectivity index (χ1n) is 6.26. The molecular formula is C14H13F2N3O2. The van der Waals surface area contributed by atoms with Crippen molar-refractivity contribution in [2.24, 2.45) is 0 Å². The first kappa shape index (κ1) is 14.7. The van der Waals surface area contributed by atoms with Crippen LogP contribution in [-0.2, 0) is 0 Å². The fourth-order valence-electron chi connectivity index (χ4n) is 1.90. The average Bonchev–Trinajstić information content (AvgIpc) is 2.43. The maximum absolute atomic E-state index is 13.2. The van der Waals surface area contributed by atoms with Gasteiger partial charge in [0.05, 0.1) is 4.92 Å². The molecule has 0 amide bonds. The summed E-state index contributed by atoms with van der Waals surface area (Å²) < 4.78 is 26.1. The Bertz CT molecular complexity index is 677. The molecule has 2 aromatic rings. The Morgan fingerprint density at radius 3 is 2.48 bits per heavy atom. The highest BCUT2D eigenvalue weighted by Crippen LogP contribution is 2.34. The molecule has 0 saturated heterocycles. The molecule has 0 fully saturated rings. The van der Waals surface area contributed by atoms with E-state index < -0.39 is 16.6 Å². The number of hydrogen-bond acceptors (Lipinski definition) is 4. The molecule has 0 unspecified atom stereocenters. The van der Waals surface area contributed by atoms with E-state index in [2.05, 4.69) is 10.6 Å². The predicted molar refractivity (Wildman–Crippen MR) is 76.9 cm³/mol. The number of nitro groups is 1. The van der Waals surface area contributed by atoms with Gasteiger partial charge in [0.25, 0.3) is 0 Å². The number of nitrogens with zero attached hydrogens (tertiary/aromatic N) is 1. The van der Waals surface area contributed by atoms with Crippen molar-refractivity contribution in [3.8, 4) is 0 Å². The Morgan fingerprint density at radius 1 is 1.14 bits per heavy atom. The van der Waals surface area contributed by atoms with Crippen LogP contribution in [0.2, 0.25) is 0 Å². The van der Waals surface area contributed by atoms with Crippen LogP contribution in [0.1, 0.15) is 6.92 Å². The van der Waals surface area contributed by atoms with Gasteiger partial charge in [-0.3, -0.25) is 10.1 Å². The van der Waals surface area contributed by atoms with Gasteiger partial charge in [0.15, 0.2) is 11.6 Å².